The summed E-state index contributed by atoms with van der Waals surface area (Å²) in [6.07, 6.45) is -0.609. The first-order valence-electron chi connectivity index (χ1n) is 12.5. The molecule has 0 saturated heterocycles. The monoisotopic (exact) mass is 608 g/mol. The molecule has 0 aliphatic heterocycles. The molecule has 1 aromatic heterocycles. The summed E-state index contributed by atoms with van der Waals surface area (Å²) < 4.78 is 47.4. The summed E-state index contributed by atoms with van der Waals surface area (Å²) >= 11 is 0. The number of ketones is 3. The van der Waals surface area contributed by atoms with Crippen LogP contribution < -0.4 is 0 Å². The minimum Gasteiger partial charge on any atom is -0.460 e. The van der Waals surface area contributed by atoms with E-state index in [0.717, 1.165) is 6.07 Å². The van der Waals surface area contributed by atoms with Gasteiger partial charge in [0.25, 0.3) is 5.91 Å². The molecular weight excluding hydrogens is 585 g/mol. The third-order valence-corrected chi connectivity index (χ3v) is 5.18. The van der Waals surface area contributed by atoms with E-state index in [1.54, 1.807) is 19.1 Å². The lowest BCUT2D eigenvalue weighted by molar-refractivity contribution is -0.153. The van der Waals surface area contributed by atoms with Crippen LogP contribution in [0.4, 0.5) is 13.2 Å². The number of benzene rings is 3. The topological polar surface area (TPSA) is 169 Å². The van der Waals surface area contributed by atoms with Gasteiger partial charge in [-0.1, -0.05) is 41.6 Å². The zero-order chi connectivity index (χ0) is 32.6. The molecule has 0 aliphatic rings. The molecule has 4 rings (SSSR count). The number of rotatable bonds is 8. The lowest BCUT2D eigenvalue weighted by Gasteiger charge is -2.01. The zero-order valence-corrected chi connectivity index (χ0v) is 23.2. The Hall–Kier alpha value is -5.88. The number of azide groups is 1. The molecule has 1 heterocycles. The van der Waals surface area contributed by atoms with Gasteiger partial charge in [-0.05, 0) is 60.9 Å². The number of ether oxygens (including phenoxy) is 1. The van der Waals surface area contributed by atoms with E-state index in [1.165, 1.54) is 67.6 Å². The van der Waals surface area contributed by atoms with Gasteiger partial charge in [0.1, 0.15) is 17.5 Å². The van der Waals surface area contributed by atoms with E-state index in [1.807, 2.05) is 0 Å². The van der Waals surface area contributed by atoms with Gasteiger partial charge in [-0.3, -0.25) is 19.2 Å². The second-order valence-electron chi connectivity index (χ2n) is 8.40. The number of aromatic nitrogens is 1. The summed E-state index contributed by atoms with van der Waals surface area (Å²) in [5, 5.41) is 6.29. The Labute approximate surface area is 247 Å². The molecule has 4 aromatic rings. The van der Waals surface area contributed by atoms with Gasteiger partial charge in [-0.15, -0.1) is 0 Å². The van der Waals surface area contributed by atoms with E-state index < -0.39 is 41.5 Å². The molecule has 0 spiro atoms. The van der Waals surface area contributed by atoms with E-state index in [-0.39, 0.29) is 35.2 Å². The highest BCUT2D eigenvalue weighted by Gasteiger charge is 2.20. The molecule has 0 saturated carbocycles. The Balaban J connectivity index is 0.000000239. The third-order valence-electron chi connectivity index (χ3n) is 5.18. The Kier molecular flexibility index (Phi) is 13.4. The van der Waals surface area contributed by atoms with Gasteiger partial charge >= 0.3 is 5.97 Å². The largest absolute Gasteiger partial charge is 0.460 e. The van der Waals surface area contributed by atoms with Crippen molar-refractivity contribution in [2.24, 2.45) is 5.11 Å². The number of esters is 1. The number of amides is 1. The fraction of sp³-hybridized carbons (Fsp3) is 0.133. The summed E-state index contributed by atoms with van der Waals surface area (Å²) in [6, 6.07) is 17.5. The van der Waals surface area contributed by atoms with Crippen molar-refractivity contribution in [3.8, 4) is 11.3 Å². The van der Waals surface area contributed by atoms with Crippen LogP contribution in [-0.4, -0.2) is 41.0 Å². The first-order valence-corrected chi connectivity index (χ1v) is 12.5. The van der Waals surface area contributed by atoms with Gasteiger partial charge in [0.05, 0.1) is 13.0 Å². The van der Waals surface area contributed by atoms with Crippen LogP contribution in [0.3, 0.4) is 0 Å². The average Bonchev–Trinajstić information content (AvgIpc) is 3.49. The van der Waals surface area contributed by atoms with Crippen molar-refractivity contribution in [3.63, 3.8) is 0 Å². The molecule has 44 heavy (non-hydrogen) atoms. The lowest BCUT2D eigenvalue weighted by atomic mass is 10.1. The van der Waals surface area contributed by atoms with Gasteiger partial charge in [-0.25, -0.2) is 18.0 Å². The van der Waals surface area contributed by atoms with Crippen LogP contribution in [0.2, 0.25) is 0 Å². The van der Waals surface area contributed by atoms with E-state index in [9.17, 15) is 37.1 Å². The molecule has 3 aromatic carbocycles. The number of carbonyl (C=O) groups is 5. The molecular formula is C30H23F3N4O7. The van der Waals surface area contributed by atoms with Gasteiger partial charge in [-0.2, -0.15) is 0 Å². The first kappa shape index (κ1) is 34.3. The average molecular weight is 609 g/mol. The summed E-state index contributed by atoms with van der Waals surface area (Å²) in [4.78, 5) is 57.8. The molecule has 1 amide bonds. The van der Waals surface area contributed by atoms with Crippen molar-refractivity contribution in [3.05, 3.63) is 124 Å². The SMILES string of the molecule is CC(=O)c1cccc(F)c1.CCOC(=O)C(=O)CC(=O)c1cccc(F)c1.[N-]=[N+]=NC(=O)c1cc(-c2cccc(F)c2)on1. The second-order valence-corrected chi connectivity index (χ2v) is 8.40. The maximum atomic E-state index is 12.9. The molecule has 14 heteroatoms. The third kappa shape index (κ3) is 11.2. The standard InChI is InChI=1S/C12H11FO4.C10H5FN4O2.C8H7FO/c1-2-17-12(16)11(15)7-10(14)8-4-3-5-9(13)6-8;11-7-3-1-2-6(4-7)9-5-8(14-17-9)10(16)13-15-12;1-6(10)7-3-2-4-8(9)5-7/h3-6H,2,7H2,1H3;1-5H;2-5H,1H3. The van der Waals surface area contributed by atoms with Crippen molar-refractivity contribution < 1.29 is 46.4 Å². The van der Waals surface area contributed by atoms with Crippen molar-refractivity contribution in [2.75, 3.05) is 6.61 Å². The highest BCUT2D eigenvalue weighted by molar-refractivity contribution is 6.38. The minimum atomic E-state index is -1.04. The van der Waals surface area contributed by atoms with Crippen molar-refractivity contribution in [1.29, 1.82) is 0 Å². The number of Topliss-reactive ketones (excluding diaryl/α,β-unsaturated/α-hetero) is 3. The van der Waals surface area contributed by atoms with Gasteiger partial charge in [0.2, 0.25) is 5.78 Å². The highest BCUT2D eigenvalue weighted by atomic mass is 19.1. The smallest absolute Gasteiger partial charge is 0.375 e. The molecule has 0 unspecified atom stereocenters. The number of hydrogen-bond acceptors (Lipinski definition) is 8. The van der Waals surface area contributed by atoms with Crippen molar-refractivity contribution in [2.45, 2.75) is 20.3 Å². The molecule has 0 radical (unpaired) electrons. The van der Waals surface area contributed by atoms with Gasteiger partial charge in [0.15, 0.2) is 23.0 Å². The van der Waals surface area contributed by atoms with Crippen LogP contribution >= 0.6 is 0 Å². The minimum absolute atomic E-state index is 0.0580. The predicted molar refractivity (Wildman–Crippen MR) is 149 cm³/mol. The van der Waals surface area contributed by atoms with Crippen LogP contribution in [-0.2, 0) is 14.3 Å². The fourth-order valence-corrected chi connectivity index (χ4v) is 3.15. The van der Waals surface area contributed by atoms with E-state index in [0.29, 0.717) is 11.1 Å². The Morgan fingerprint density at radius 1 is 0.864 bits per heavy atom. The van der Waals surface area contributed by atoms with Gasteiger partial charge < -0.3 is 9.26 Å². The Morgan fingerprint density at radius 3 is 1.95 bits per heavy atom. The molecule has 0 atom stereocenters. The summed E-state index contributed by atoms with van der Waals surface area (Å²) in [5.74, 6) is -4.69. The van der Waals surface area contributed by atoms with E-state index in [2.05, 4.69) is 19.9 Å². The second kappa shape index (κ2) is 17.2. The normalized spacial score (nSPS) is 9.66. The number of nitrogens with zero attached hydrogens (tertiary/aromatic N) is 4. The molecule has 0 aliphatic carbocycles. The molecule has 11 nitrogen and oxygen atoms in total. The van der Waals surface area contributed by atoms with Crippen LogP contribution in [0.1, 0.15) is 51.5 Å². The highest BCUT2D eigenvalue weighted by Crippen LogP contribution is 2.21. The summed E-state index contributed by atoms with van der Waals surface area (Å²) in [6.45, 7) is 3.03. The van der Waals surface area contributed by atoms with Crippen LogP contribution in [0.15, 0.2) is 88.5 Å². The van der Waals surface area contributed by atoms with Crippen molar-refractivity contribution >= 4 is 29.2 Å². The lowest BCUT2D eigenvalue weighted by Crippen LogP contribution is -2.20. The van der Waals surface area contributed by atoms with E-state index in [4.69, 9.17) is 10.1 Å². The van der Waals surface area contributed by atoms with Crippen LogP contribution in [0.5, 0.6) is 0 Å². The van der Waals surface area contributed by atoms with Crippen LogP contribution in [0.25, 0.3) is 21.8 Å². The van der Waals surface area contributed by atoms with Gasteiger partial charge in [0, 0.05) is 27.7 Å². The van der Waals surface area contributed by atoms with Crippen molar-refractivity contribution in [1.82, 2.24) is 5.16 Å². The fourth-order valence-electron chi connectivity index (χ4n) is 3.15. The molecule has 0 N–H and O–H groups in total. The Bertz CT molecular complexity index is 1720. The number of carbonyl (C=O) groups excluding carboxylic acids is 5. The summed E-state index contributed by atoms with van der Waals surface area (Å²) in [7, 11) is 0. The maximum absolute atomic E-state index is 12.9. The maximum Gasteiger partial charge on any atom is 0.375 e. The molecule has 0 fully saturated rings. The first-order chi connectivity index (χ1) is 20.9. The molecule has 0 bridgehead atoms. The number of halogens is 3. The zero-order valence-electron chi connectivity index (χ0n) is 23.2. The van der Waals surface area contributed by atoms with Crippen LogP contribution in [0, 0.1) is 17.5 Å². The quantitative estimate of drug-likeness (QED) is 0.0416. The molecule has 226 valence electrons. The number of hydrogen-bond donors (Lipinski definition) is 0. The predicted octanol–water partition coefficient (Wildman–Crippen LogP) is 6.49. The van der Waals surface area contributed by atoms with E-state index >= 15 is 0 Å². The Morgan fingerprint density at radius 2 is 1.43 bits per heavy atom. The summed E-state index contributed by atoms with van der Waals surface area (Å²) in [5.41, 5.74) is 8.88.